The van der Waals surface area contributed by atoms with Gasteiger partial charge in [0.2, 0.25) is 5.54 Å². The lowest BCUT2D eigenvalue weighted by molar-refractivity contribution is -0.160. The van der Waals surface area contributed by atoms with Crippen molar-refractivity contribution in [1.82, 2.24) is 4.90 Å². The Morgan fingerprint density at radius 2 is 1.82 bits per heavy atom. The van der Waals surface area contributed by atoms with Crippen LogP contribution in [-0.4, -0.2) is 35.4 Å². The fourth-order valence-electron chi connectivity index (χ4n) is 3.99. The van der Waals surface area contributed by atoms with Gasteiger partial charge in [-0.1, -0.05) is 41.4 Å². The van der Waals surface area contributed by atoms with Gasteiger partial charge in [-0.15, -0.1) is 0 Å². The van der Waals surface area contributed by atoms with Crippen molar-refractivity contribution in [2.75, 3.05) is 16.9 Å². The molecule has 0 unspecified atom stereocenters. The molecule has 2 aromatic carbocycles. The van der Waals surface area contributed by atoms with Gasteiger partial charge in [-0.25, -0.2) is 14.1 Å². The highest BCUT2D eigenvalue weighted by Crippen LogP contribution is 2.49. The normalized spacial score (nSPS) is 19.7. The Bertz CT molecular complexity index is 1280. The molecular formula is C23H20Cl2FN3O5. The maximum Gasteiger partial charge on any atom is 0.335 e. The van der Waals surface area contributed by atoms with Crippen LogP contribution in [0.3, 0.4) is 0 Å². The van der Waals surface area contributed by atoms with Gasteiger partial charge in [-0.2, -0.15) is 0 Å². The molecule has 8 nitrogen and oxygen atoms in total. The number of aryl methyl sites for hydroxylation is 1. The first-order valence-electron chi connectivity index (χ1n) is 10.2. The van der Waals surface area contributed by atoms with E-state index in [4.69, 9.17) is 27.9 Å². The second-order valence-corrected chi connectivity index (χ2v) is 9.80. The van der Waals surface area contributed by atoms with Crippen LogP contribution in [0, 0.1) is 18.2 Å². The van der Waals surface area contributed by atoms with E-state index in [1.807, 2.05) is 0 Å². The zero-order valence-electron chi connectivity index (χ0n) is 18.7. The zero-order valence-corrected chi connectivity index (χ0v) is 20.2. The molecule has 0 aliphatic carbocycles. The number of ether oxygens (including phenoxy) is 1. The first-order chi connectivity index (χ1) is 15.8. The first-order valence-corrected chi connectivity index (χ1v) is 11.0. The minimum atomic E-state index is -2.31. The van der Waals surface area contributed by atoms with Crippen molar-refractivity contribution in [3.63, 3.8) is 0 Å². The standard InChI is InChI=1S/C23H20Cl2FN3O5/c1-11-8-9-13(24)15(25)17(11)29-19(31)23(12-6-5-7-14(26)16(12)27-18(23)30)28(21(29)33)10-34-20(32)22(2,3)4/h5-9H,10H2,1-4H3,(H,27,30)/t23-/m1/s1. The number of halogens is 3. The maximum atomic E-state index is 14.6. The highest BCUT2D eigenvalue weighted by Gasteiger charge is 2.68. The van der Waals surface area contributed by atoms with Gasteiger partial charge in [0.25, 0.3) is 11.8 Å². The molecule has 0 radical (unpaired) electrons. The van der Waals surface area contributed by atoms with Crippen molar-refractivity contribution in [1.29, 1.82) is 0 Å². The van der Waals surface area contributed by atoms with E-state index in [9.17, 15) is 23.6 Å². The van der Waals surface area contributed by atoms with Crippen LogP contribution in [0.5, 0.6) is 0 Å². The predicted octanol–water partition coefficient (Wildman–Crippen LogP) is 4.60. The average molecular weight is 508 g/mol. The molecular weight excluding hydrogens is 488 g/mol. The van der Waals surface area contributed by atoms with Crippen LogP contribution < -0.4 is 10.2 Å². The third kappa shape index (κ3) is 3.25. The number of benzene rings is 2. The van der Waals surface area contributed by atoms with E-state index in [-0.39, 0.29) is 27.0 Å². The summed E-state index contributed by atoms with van der Waals surface area (Å²) in [5, 5.41) is 2.36. The molecule has 2 aliphatic heterocycles. The molecule has 1 fully saturated rings. The molecule has 4 amide bonds. The number of esters is 1. The Labute approximate surface area is 204 Å². The van der Waals surface area contributed by atoms with Gasteiger partial charge in [0.05, 0.1) is 26.8 Å². The molecule has 2 aromatic rings. The lowest BCUT2D eigenvalue weighted by Gasteiger charge is -2.30. The molecule has 0 saturated carbocycles. The van der Waals surface area contributed by atoms with Crippen molar-refractivity contribution >= 4 is 58.4 Å². The molecule has 34 heavy (non-hydrogen) atoms. The van der Waals surface area contributed by atoms with Crippen LogP contribution in [0.25, 0.3) is 0 Å². The monoisotopic (exact) mass is 507 g/mol. The van der Waals surface area contributed by atoms with Crippen LogP contribution in [0.1, 0.15) is 31.9 Å². The number of imide groups is 1. The second kappa shape index (κ2) is 7.95. The van der Waals surface area contributed by atoms with Crippen LogP contribution in [0.4, 0.5) is 20.6 Å². The SMILES string of the molecule is Cc1ccc(Cl)c(Cl)c1N1C(=O)N(COC(=O)C(C)(C)C)[C@]2(C(=O)Nc3c(F)cccc32)C1=O. The van der Waals surface area contributed by atoms with Crippen molar-refractivity contribution in [3.05, 3.63) is 57.3 Å². The molecule has 1 saturated heterocycles. The summed E-state index contributed by atoms with van der Waals surface area (Å²) in [5.74, 6) is -3.42. The molecule has 1 atom stereocenters. The number of carbonyl (C=O) groups excluding carboxylic acids is 4. The Morgan fingerprint density at radius 1 is 1.15 bits per heavy atom. The van der Waals surface area contributed by atoms with Gasteiger partial charge < -0.3 is 10.1 Å². The third-order valence-corrected chi connectivity index (χ3v) is 6.54. The second-order valence-electron chi connectivity index (χ2n) is 9.02. The topological polar surface area (TPSA) is 96.0 Å². The van der Waals surface area contributed by atoms with E-state index in [0.29, 0.717) is 10.5 Å². The number of para-hydroxylation sites is 1. The number of nitrogens with one attached hydrogen (secondary N) is 1. The molecule has 2 aliphatic rings. The van der Waals surface area contributed by atoms with Crippen LogP contribution in [-0.2, 0) is 24.7 Å². The largest absolute Gasteiger partial charge is 0.444 e. The highest BCUT2D eigenvalue weighted by molar-refractivity contribution is 6.46. The van der Waals surface area contributed by atoms with Gasteiger partial charge in [0.15, 0.2) is 6.73 Å². The molecule has 0 bridgehead atoms. The summed E-state index contributed by atoms with van der Waals surface area (Å²) in [6, 6.07) is 5.86. The average Bonchev–Trinajstić information content (AvgIpc) is 3.17. The number of carbonyl (C=O) groups is 4. The van der Waals surface area contributed by atoms with E-state index in [0.717, 1.165) is 11.0 Å². The first kappa shape index (κ1) is 24.0. The van der Waals surface area contributed by atoms with E-state index < -0.39 is 47.3 Å². The number of nitrogens with zero attached hydrogens (tertiary/aromatic N) is 2. The summed E-state index contributed by atoms with van der Waals surface area (Å²) in [4.78, 5) is 54.9. The smallest absolute Gasteiger partial charge is 0.335 e. The number of amides is 4. The van der Waals surface area contributed by atoms with E-state index in [2.05, 4.69) is 5.32 Å². The van der Waals surface area contributed by atoms with Gasteiger partial charge in [0, 0.05) is 5.56 Å². The summed E-state index contributed by atoms with van der Waals surface area (Å²) < 4.78 is 19.9. The lowest BCUT2D eigenvalue weighted by Crippen LogP contribution is -2.53. The Morgan fingerprint density at radius 3 is 2.47 bits per heavy atom. The number of hydrogen-bond acceptors (Lipinski definition) is 5. The zero-order chi connectivity index (χ0) is 25.2. The van der Waals surface area contributed by atoms with Crippen molar-refractivity contribution < 1.29 is 28.3 Å². The number of fused-ring (bicyclic) bond motifs is 2. The fourth-order valence-corrected chi connectivity index (χ4v) is 4.44. The highest BCUT2D eigenvalue weighted by atomic mass is 35.5. The van der Waals surface area contributed by atoms with E-state index in [1.165, 1.54) is 18.2 Å². The van der Waals surface area contributed by atoms with Gasteiger partial charge in [-0.3, -0.25) is 19.3 Å². The minimum absolute atomic E-state index is 0.0224. The van der Waals surface area contributed by atoms with Crippen LogP contribution in [0.2, 0.25) is 10.0 Å². The Balaban J connectivity index is 1.93. The van der Waals surface area contributed by atoms with Crippen LogP contribution >= 0.6 is 23.2 Å². The molecule has 0 aromatic heterocycles. The van der Waals surface area contributed by atoms with Crippen molar-refractivity contribution in [3.8, 4) is 0 Å². The van der Waals surface area contributed by atoms with Crippen molar-refractivity contribution in [2.24, 2.45) is 5.41 Å². The number of hydrogen-bond donors (Lipinski definition) is 1. The minimum Gasteiger partial charge on any atom is -0.444 e. The Hall–Kier alpha value is -3.17. The fraction of sp³-hybridized carbons (Fsp3) is 0.304. The van der Waals surface area contributed by atoms with Crippen LogP contribution in [0.15, 0.2) is 30.3 Å². The summed E-state index contributed by atoms with van der Waals surface area (Å²) in [5.41, 5.74) is -3.15. The molecule has 1 spiro atoms. The quantitative estimate of drug-likeness (QED) is 0.372. The van der Waals surface area contributed by atoms with Gasteiger partial charge in [0.1, 0.15) is 5.82 Å². The molecule has 178 valence electrons. The molecule has 4 rings (SSSR count). The number of anilines is 2. The third-order valence-electron chi connectivity index (χ3n) is 5.74. The molecule has 1 N–H and O–H groups in total. The number of rotatable bonds is 3. The van der Waals surface area contributed by atoms with E-state index in [1.54, 1.807) is 33.8 Å². The predicted molar refractivity (Wildman–Crippen MR) is 123 cm³/mol. The summed E-state index contributed by atoms with van der Waals surface area (Å²) in [7, 11) is 0. The molecule has 2 heterocycles. The van der Waals surface area contributed by atoms with Crippen molar-refractivity contribution in [2.45, 2.75) is 33.2 Å². The number of urea groups is 1. The lowest BCUT2D eigenvalue weighted by atomic mass is 9.89. The van der Waals surface area contributed by atoms with E-state index >= 15 is 0 Å². The van der Waals surface area contributed by atoms with Gasteiger partial charge in [-0.05, 0) is 45.4 Å². The Kier molecular flexibility index (Phi) is 5.61. The van der Waals surface area contributed by atoms with Gasteiger partial charge >= 0.3 is 12.0 Å². The summed E-state index contributed by atoms with van der Waals surface area (Å²) in [6.45, 7) is 5.69. The summed E-state index contributed by atoms with van der Waals surface area (Å²) >= 11 is 12.5. The summed E-state index contributed by atoms with van der Waals surface area (Å²) in [6.07, 6.45) is 0. The molecule has 11 heteroatoms. The maximum absolute atomic E-state index is 14.6.